The number of hydrogen-bond acceptors (Lipinski definition) is 4. The van der Waals surface area contributed by atoms with Crippen LogP contribution in [0.4, 0.5) is 20.2 Å². The predicted octanol–water partition coefficient (Wildman–Crippen LogP) is 4.66. The van der Waals surface area contributed by atoms with Gasteiger partial charge in [0.25, 0.3) is 11.8 Å². The number of aromatic nitrogens is 1. The molecule has 0 unspecified atom stereocenters. The van der Waals surface area contributed by atoms with Crippen molar-refractivity contribution in [2.45, 2.75) is 34.1 Å². The van der Waals surface area contributed by atoms with Crippen molar-refractivity contribution in [2.24, 2.45) is 0 Å². The molecule has 3 aromatic rings. The van der Waals surface area contributed by atoms with Gasteiger partial charge in [0.1, 0.15) is 11.6 Å². The topological polar surface area (TPSA) is 106 Å². The molecule has 2 aliphatic heterocycles. The summed E-state index contributed by atoms with van der Waals surface area (Å²) in [5.41, 5.74) is 5.68. The largest absolute Gasteiger partial charge is 0.358 e. The van der Waals surface area contributed by atoms with E-state index in [0.717, 1.165) is 42.1 Å². The number of aromatic amines is 1. The van der Waals surface area contributed by atoms with Crippen molar-refractivity contribution in [2.75, 3.05) is 36.8 Å². The fraction of sp³-hybridized carbons (Fsp3) is 0.300. The SMILES string of the molecule is CCN(CC)CCNC(=O)c1c(C)[nH]c(C=C2C(=O)Nc3ccc(F)cc32)c1C.O=C1Cc2cc(F)ccc2N1. The van der Waals surface area contributed by atoms with Crippen molar-refractivity contribution < 1.29 is 23.2 Å². The molecule has 0 bridgehead atoms. The molecule has 2 aromatic carbocycles. The maximum atomic E-state index is 13.7. The molecule has 40 heavy (non-hydrogen) atoms. The number of hydrogen-bond donors (Lipinski definition) is 4. The zero-order valence-corrected chi connectivity index (χ0v) is 23.0. The van der Waals surface area contributed by atoms with Gasteiger partial charge in [-0.25, -0.2) is 8.78 Å². The van der Waals surface area contributed by atoms with Crippen LogP contribution < -0.4 is 16.0 Å². The first-order valence-electron chi connectivity index (χ1n) is 13.2. The minimum Gasteiger partial charge on any atom is -0.358 e. The summed E-state index contributed by atoms with van der Waals surface area (Å²) in [6, 6.07) is 8.50. The van der Waals surface area contributed by atoms with E-state index >= 15 is 0 Å². The Hall–Kier alpha value is -4.31. The molecule has 3 amide bonds. The van der Waals surface area contributed by atoms with Crippen LogP contribution in [0.5, 0.6) is 0 Å². The average Bonchev–Trinajstić information content (AvgIpc) is 3.53. The van der Waals surface area contributed by atoms with Gasteiger partial charge in [-0.05, 0) is 80.5 Å². The second-order valence-corrected chi connectivity index (χ2v) is 9.67. The van der Waals surface area contributed by atoms with E-state index in [9.17, 15) is 23.2 Å². The summed E-state index contributed by atoms with van der Waals surface area (Å²) in [6.45, 7) is 11.1. The number of nitrogens with one attached hydrogen (secondary N) is 4. The molecule has 0 saturated carbocycles. The van der Waals surface area contributed by atoms with Gasteiger partial charge in [0.2, 0.25) is 5.91 Å². The third kappa shape index (κ3) is 6.28. The highest BCUT2D eigenvalue weighted by molar-refractivity contribution is 6.34. The Kier molecular flexibility index (Phi) is 8.79. The Bertz CT molecular complexity index is 1490. The number of halogens is 2. The zero-order valence-electron chi connectivity index (χ0n) is 23.0. The normalized spacial score (nSPS) is 14.4. The molecular formula is C30H33F2N5O3. The van der Waals surface area contributed by atoms with Crippen LogP contribution in [0.1, 0.15) is 52.3 Å². The summed E-state index contributed by atoms with van der Waals surface area (Å²) in [4.78, 5) is 41.3. The number of amides is 3. The summed E-state index contributed by atoms with van der Waals surface area (Å²) < 4.78 is 26.2. The summed E-state index contributed by atoms with van der Waals surface area (Å²) in [5, 5.41) is 8.32. The Morgan fingerprint density at radius 3 is 2.38 bits per heavy atom. The molecule has 2 aliphatic rings. The van der Waals surface area contributed by atoms with Gasteiger partial charge >= 0.3 is 0 Å². The molecule has 8 nitrogen and oxygen atoms in total. The Balaban J connectivity index is 0.000000278. The summed E-state index contributed by atoms with van der Waals surface area (Å²) in [7, 11) is 0. The maximum absolute atomic E-state index is 13.7. The number of nitrogens with zero attached hydrogens (tertiary/aromatic N) is 1. The van der Waals surface area contributed by atoms with Gasteiger partial charge in [-0.3, -0.25) is 14.4 Å². The highest BCUT2D eigenvalue weighted by Gasteiger charge is 2.26. The number of benzene rings is 2. The third-order valence-electron chi connectivity index (χ3n) is 7.06. The lowest BCUT2D eigenvalue weighted by atomic mass is 10.0. The maximum Gasteiger partial charge on any atom is 0.256 e. The van der Waals surface area contributed by atoms with Crippen LogP contribution in [-0.4, -0.2) is 53.8 Å². The molecule has 3 heterocycles. The third-order valence-corrected chi connectivity index (χ3v) is 7.06. The Labute approximate surface area is 231 Å². The lowest BCUT2D eigenvalue weighted by Crippen LogP contribution is -2.35. The highest BCUT2D eigenvalue weighted by Crippen LogP contribution is 2.34. The first kappa shape index (κ1) is 28.7. The molecule has 10 heteroatoms. The Morgan fingerprint density at radius 2 is 1.68 bits per heavy atom. The minimum atomic E-state index is -0.404. The average molecular weight is 550 g/mol. The van der Waals surface area contributed by atoms with Crippen LogP contribution in [0, 0.1) is 25.5 Å². The van der Waals surface area contributed by atoms with E-state index in [1.807, 2.05) is 13.8 Å². The molecular weight excluding hydrogens is 516 g/mol. The van der Waals surface area contributed by atoms with Gasteiger partial charge < -0.3 is 25.8 Å². The summed E-state index contributed by atoms with van der Waals surface area (Å²) in [6.07, 6.45) is 1.97. The monoisotopic (exact) mass is 549 g/mol. The quantitative estimate of drug-likeness (QED) is 0.322. The Morgan fingerprint density at radius 1 is 1.00 bits per heavy atom. The van der Waals surface area contributed by atoms with Crippen LogP contribution >= 0.6 is 0 Å². The van der Waals surface area contributed by atoms with E-state index in [-0.39, 0.29) is 23.5 Å². The van der Waals surface area contributed by atoms with Crippen LogP contribution in [-0.2, 0) is 16.0 Å². The molecule has 0 saturated heterocycles. The zero-order chi connectivity index (χ0) is 29.0. The number of fused-ring (bicyclic) bond motifs is 2. The van der Waals surface area contributed by atoms with Crippen LogP contribution in [0.3, 0.4) is 0 Å². The van der Waals surface area contributed by atoms with Crippen LogP contribution in [0.25, 0.3) is 11.6 Å². The van der Waals surface area contributed by atoms with Crippen LogP contribution in [0.15, 0.2) is 36.4 Å². The van der Waals surface area contributed by atoms with Gasteiger partial charge in [-0.1, -0.05) is 13.8 Å². The molecule has 4 N–H and O–H groups in total. The van der Waals surface area contributed by atoms with Gasteiger partial charge in [0.05, 0.1) is 17.6 Å². The molecule has 0 aliphatic carbocycles. The number of aryl methyl sites for hydroxylation is 1. The van der Waals surface area contributed by atoms with Gasteiger partial charge in [-0.2, -0.15) is 0 Å². The number of anilines is 2. The second kappa shape index (κ2) is 12.3. The van der Waals surface area contributed by atoms with Crippen molar-refractivity contribution in [3.63, 3.8) is 0 Å². The van der Waals surface area contributed by atoms with Gasteiger partial charge in [-0.15, -0.1) is 0 Å². The number of H-pyrrole nitrogens is 1. The molecule has 0 radical (unpaired) electrons. The van der Waals surface area contributed by atoms with E-state index in [1.54, 1.807) is 18.2 Å². The van der Waals surface area contributed by atoms with E-state index in [1.165, 1.54) is 24.3 Å². The highest BCUT2D eigenvalue weighted by atomic mass is 19.1. The number of rotatable bonds is 7. The predicted molar refractivity (Wildman–Crippen MR) is 152 cm³/mol. The van der Waals surface area contributed by atoms with Crippen molar-refractivity contribution >= 4 is 40.7 Å². The molecule has 1 aromatic heterocycles. The summed E-state index contributed by atoms with van der Waals surface area (Å²) >= 11 is 0. The summed E-state index contributed by atoms with van der Waals surface area (Å²) in [5.74, 6) is -1.19. The fourth-order valence-corrected chi connectivity index (χ4v) is 4.86. The first-order valence-corrected chi connectivity index (χ1v) is 13.2. The first-order chi connectivity index (χ1) is 19.1. The van der Waals surface area contributed by atoms with E-state index in [2.05, 4.69) is 39.7 Å². The lowest BCUT2D eigenvalue weighted by Gasteiger charge is -2.18. The number of carbonyl (C=O) groups is 3. The van der Waals surface area contributed by atoms with Gasteiger partial charge in [0.15, 0.2) is 0 Å². The van der Waals surface area contributed by atoms with Crippen molar-refractivity contribution in [3.8, 4) is 0 Å². The van der Waals surface area contributed by atoms with E-state index < -0.39 is 5.82 Å². The van der Waals surface area contributed by atoms with E-state index in [0.29, 0.717) is 41.0 Å². The number of carbonyl (C=O) groups excluding carboxylic acids is 3. The smallest absolute Gasteiger partial charge is 0.256 e. The molecule has 0 spiro atoms. The van der Waals surface area contributed by atoms with Crippen molar-refractivity contribution in [1.29, 1.82) is 0 Å². The second-order valence-electron chi connectivity index (χ2n) is 9.67. The molecule has 0 fully saturated rings. The number of likely N-dealkylation sites (N-methyl/N-ethyl adjacent to an activating group) is 1. The lowest BCUT2D eigenvalue weighted by molar-refractivity contribution is -0.115. The van der Waals surface area contributed by atoms with Crippen molar-refractivity contribution in [1.82, 2.24) is 15.2 Å². The van der Waals surface area contributed by atoms with Crippen molar-refractivity contribution in [3.05, 3.63) is 81.7 Å². The van der Waals surface area contributed by atoms with E-state index in [4.69, 9.17) is 0 Å². The fourth-order valence-electron chi connectivity index (χ4n) is 4.86. The van der Waals surface area contributed by atoms with Crippen LogP contribution in [0.2, 0.25) is 0 Å². The molecule has 0 atom stereocenters. The minimum absolute atomic E-state index is 0.0643. The molecule has 210 valence electrons. The van der Waals surface area contributed by atoms with Gasteiger partial charge in [0, 0.05) is 41.4 Å². The molecule has 5 rings (SSSR count). The standard InChI is InChI=1S/C22H27FN4O2.C8H6FNO/c1-5-27(6-2)10-9-24-22(29)20-13(3)19(25-14(20)4)12-17-16-11-15(23)7-8-18(16)26-21(17)28;9-6-1-2-7-5(3-6)4-8(11)10-7/h7-8,11-12,25H,5-6,9-10H2,1-4H3,(H,24,29)(H,26,28);1-3H,4H2,(H,10,11).